The monoisotopic (exact) mass is 546 g/mol. The maximum atomic E-state index is 12.6. The van der Waals surface area contributed by atoms with Crippen molar-refractivity contribution in [2.45, 2.75) is 39.7 Å². The quantitative estimate of drug-likeness (QED) is 0.264. The molecule has 0 spiro atoms. The number of hydrogen-bond donors (Lipinski definition) is 1. The molecule has 0 heterocycles. The number of aliphatic carboxylic acids is 1. The summed E-state index contributed by atoms with van der Waals surface area (Å²) in [6, 6.07) is 13.4. The highest BCUT2D eigenvalue weighted by atomic mass is 32.3. The molecular weight excluding hydrogens is 508 g/mol. The van der Waals surface area contributed by atoms with Crippen molar-refractivity contribution in [2.75, 3.05) is 31.1 Å². The van der Waals surface area contributed by atoms with Crippen molar-refractivity contribution in [1.82, 2.24) is 0 Å². The highest BCUT2D eigenvalue weighted by Gasteiger charge is 2.22. The molecule has 2 aromatic rings. The van der Waals surface area contributed by atoms with Gasteiger partial charge < -0.3 is 19.3 Å². The average molecular weight is 547 g/mol. The van der Waals surface area contributed by atoms with Crippen molar-refractivity contribution in [1.29, 1.82) is 0 Å². The van der Waals surface area contributed by atoms with Crippen molar-refractivity contribution < 1.29 is 38.5 Å². The van der Waals surface area contributed by atoms with Crippen molar-refractivity contribution in [2.24, 2.45) is 11.8 Å². The number of carboxylic acids is 1. The Morgan fingerprint density at radius 3 is 2.00 bits per heavy atom. The summed E-state index contributed by atoms with van der Waals surface area (Å²) >= 11 is 0. The zero-order chi connectivity index (χ0) is 28.3. The highest BCUT2D eigenvalue weighted by Crippen LogP contribution is 2.33. The molecule has 0 aromatic heterocycles. The molecule has 0 saturated heterocycles. The van der Waals surface area contributed by atoms with Crippen LogP contribution in [0.5, 0.6) is 5.75 Å². The first-order valence-corrected chi connectivity index (χ1v) is 15.5. The van der Waals surface area contributed by atoms with Crippen molar-refractivity contribution in [3.63, 3.8) is 0 Å². The molecule has 0 amide bonds. The number of carbonyl (C=O) groups excluding carboxylic acids is 3. The number of rotatable bonds is 14. The van der Waals surface area contributed by atoms with E-state index >= 15 is 0 Å². The maximum absolute atomic E-state index is 12.6. The van der Waals surface area contributed by atoms with Gasteiger partial charge in [-0.1, -0.05) is 38.1 Å². The summed E-state index contributed by atoms with van der Waals surface area (Å²) in [4.78, 5) is 47.9. The molecule has 8 nitrogen and oxygen atoms in total. The lowest BCUT2D eigenvalue weighted by atomic mass is 9.94. The SMILES string of the molecule is CC(C)C(=O)Oc1ccc(COC(=O)c2ccc(CC(CCC(=O)O)C(=O)OCCS(C)(C)C)cc2)cc1. The first-order valence-electron chi connectivity index (χ1n) is 12.4. The zero-order valence-corrected chi connectivity index (χ0v) is 23.5. The first-order chi connectivity index (χ1) is 17.8. The summed E-state index contributed by atoms with van der Waals surface area (Å²) in [7, 11) is -0.808. The summed E-state index contributed by atoms with van der Waals surface area (Å²) in [6.45, 7) is 3.88. The van der Waals surface area contributed by atoms with Crippen LogP contribution in [-0.4, -0.2) is 60.1 Å². The fourth-order valence-corrected chi connectivity index (χ4v) is 3.88. The topological polar surface area (TPSA) is 116 Å². The van der Waals surface area contributed by atoms with Gasteiger partial charge in [0.15, 0.2) is 0 Å². The molecule has 0 aliphatic carbocycles. The Bertz CT molecular complexity index is 1090. The van der Waals surface area contributed by atoms with Gasteiger partial charge in [0.2, 0.25) is 0 Å². The summed E-state index contributed by atoms with van der Waals surface area (Å²) in [6.07, 6.45) is 6.78. The summed E-state index contributed by atoms with van der Waals surface area (Å²) in [5.74, 6) is -1.79. The van der Waals surface area contributed by atoms with Crippen LogP contribution in [0.1, 0.15) is 48.2 Å². The molecule has 1 unspecified atom stereocenters. The lowest BCUT2D eigenvalue weighted by molar-refractivity contribution is -0.148. The molecule has 0 radical (unpaired) electrons. The maximum Gasteiger partial charge on any atom is 0.338 e. The number of carboxylic acid groups (broad SMARTS) is 1. The van der Waals surface area contributed by atoms with Crippen LogP contribution in [0.3, 0.4) is 0 Å². The molecule has 0 fully saturated rings. The van der Waals surface area contributed by atoms with Crippen molar-refractivity contribution in [3.05, 3.63) is 65.2 Å². The minimum Gasteiger partial charge on any atom is -0.481 e. The van der Waals surface area contributed by atoms with E-state index in [4.69, 9.17) is 19.3 Å². The van der Waals surface area contributed by atoms with Crippen LogP contribution in [0.4, 0.5) is 0 Å². The lowest BCUT2D eigenvalue weighted by Gasteiger charge is -2.25. The summed E-state index contributed by atoms with van der Waals surface area (Å²) < 4.78 is 16.1. The van der Waals surface area contributed by atoms with E-state index in [1.807, 2.05) is 0 Å². The number of ether oxygens (including phenoxy) is 3. The number of carbonyl (C=O) groups is 4. The number of benzene rings is 2. The molecule has 9 heteroatoms. The molecule has 0 saturated carbocycles. The third-order valence-electron chi connectivity index (χ3n) is 5.63. The minimum absolute atomic E-state index is 0.0539. The van der Waals surface area contributed by atoms with Crippen molar-refractivity contribution in [3.8, 4) is 5.75 Å². The molecule has 1 atom stereocenters. The van der Waals surface area contributed by atoms with E-state index < -0.39 is 33.9 Å². The van der Waals surface area contributed by atoms with Crippen LogP contribution in [0.2, 0.25) is 0 Å². The summed E-state index contributed by atoms with van der Waals surface area (Å²) in [5, 5.41) is 9.07. The van der Waals surface area contributed by atoms with Gasteiger partial charge >= 0.3 is 23.9 Å². The van der Waals surface area contributed by atoms with Crippen molar-refractivity contribution >= 4 is 33.9 Å². The standard InChI is InChI=1S/C29H38O8S/c1-20(2)27(32)37-25-13-8-22(9-14-25)19-36-28(33)23-10-6-21(7-11-23)18-24(12-15-26(30)31)29(34)35-16-17-38(3,4)5/h6-11,13-14,20,24H,12,15-19H2,1-5H3,(H,30,31). The summed E-state index contributed by atoms with van der Waals surface area (Å²) in [5.41, 5.74) is 1.89. The Kier molecular flexibility index (Phi) is 11.8. The van der Waals surface area contributed by atoms with E-state index in [1.54, 1.807) is 62.4 Å². The fourth-order valence-electron chi connectivity index (χ4n) is 3.29. The minimum atomic E-state index is -0.966. The number of esters is 3. The van der Waals surface area contributed by atoms with Crippen LogP contribution >= 0.6 is 10.0 Å². The Balaban J connectivity index is 1.93. The van der Waals surface area contributed by atoms with E-state index in [-0.39, 0.29) is 31.3 Å². The molecule has 1 N–H and O–H groups in total. The number of hydrogen-bond acceptors (Lipinski definition) is 7. The molecule has 208 valence electrons. The predicted molar refractivity (Wildman–Crippen MR) is 148 cm³/mol. The Hall–Kier alpha value is -3.33. The predicted octanol–water partition coefficient (Wildman–Crippen LogP) is 4.87. The van der Waals surface area contributed by atoms with Gasteiger partial charge in [-0.2, -0.15) is 0 Å². The van der Waals surface area contributed by atoms with Gasteiger partial charge in [-0.15, -0.1) is 0 Å². The Morgan fingerprint density at radius 2 is 1.45 bits per heavy atom. The van der Waals surface area contributed by atoms with Crippen LogP contribution in [0, 0.1) is 11.8 Å². The normalized spacial score (nSPS) is 12.5. The Labute approximate surface area is 226 Å². The second-order valence-corrected chi connectivity index (χ2v) is 14.9. The molecule has 0 aliphatic heterocycles. The van der Waals surface area contributed by atoms with Gasteiger partial charge in [-0.25, -0.2) is 14.8 Å². The Morgan fingerprint density at radius 1 is 0.842 bits per heavy atom. The third kappa shape index (κ3) is 11.4. The lowest BCUT2D eigenvalue weighted by Crippen LogP contribution is -2.23. The molecule has 2 aromatic carbocycles. The zero-order valence-electron chi connectivity index (χ0n) is 22.7. The van der Waals surface area contributed by atoms with Crippen LogP contribution in [-0.2, 0) is 36.9 Å². The van der Waals surface area contributed by atoms with Gasteiger partial charge in [0, 0.05) is 12.2 Å². The molecular formula is C29H38O8S. The van der Waals surface area contributed by atoms with Gasteiger partial charge in [-0.3, -0.25) is 14.4 Å². The van der Waals surface area contributed by atoms with Crippen LogP contribution in [0.25, 0.3) is 0 Å². The second-order valence-electron chi connectivity index (χ2n) is 10.3. The smallest absolute Gasteiger partial charge is 0.338 e. The molecule has 2 rings (SSSR count). The van der Waals surface area contributed by atoms with E-state index in [2.05, 4.69) is 18.8 Å². The van der Waals surface area contributed by atoms with Gasteiger partial charge in [0.25, 0.3) is 0 Å². The van der Waals surface area contributed by atoms with E-state index in [0.29, 0.717) is 24.3 Å². The van der Waals surface area contributed by atoms with Gasteiger partial charge in [0.05, 0.1) is 24.0 Å². The van der Waals surface area contributed by atoms with Crippen LogP contribution in [0.15, 0.2) is 48.5 Å². The van der Waals surface area contributed by atoms with Gasteiger partial charge in [-0.05, 0) is 67.0 Å². The van der Waals surface area contributed by atoms with E-state index in [0.717, 1.165) is 16.9 Å². The molecule has 0 bridgehead atoms. The third-order valence-corrected chi connectivity index (χ3v) is 7.03. The highest BCUT2D eigenvalue weighted by molar-refractivity contribution is 8.32. The molecule has 0 aliphatic rings. The van der Waals surface area contributed by atoms with E-state index in [9.17, 15) is 19.2 Å². The second kappa shape index (κ2) is 14.6. The van der Waals surface area contributed by atoms with Crippen LogP contribution < -0.4 is 4.74 Å². The molecule has 38 heavy (non-hydrogen) atoms. The largest absolute Gasteiger partial charge is 0.481 e. The van der Waals surface area contributed by atoms with Gasteiger partial charge in [0.1, 0.15) is 12.4 Å². The first kappa shape index (κ1) is 30.9. The fraction of sp³-hybridized carbons (Fsp3) is 0.448. The van der Waals surface area contributed by atoms with E-state index in [1.165, 1.54) is 0 Å². The average Bonchev–Trinajstić information content (AvgIpc) is 2.85.